The van der Waals surface area contributed by atoms with Crippen molar-refractivity contribution in [2.24, 2.45) is 0 Å². The molecule has 0 atom stereocenters. The summed E-state index contributed by atoms with van der Waals surface area (Å²) in [6.45, 7) is 4.56. The number of anilines is 1. The van der Waals surface area contributed by atoms with Gasteiger partial charge in [0.2, 0.25) is 0 Å². The van der Waals surface area contributed by atoms with Gasteiger partial charge in [-0.15, -0.1) is 0 Å². The summed E-state index contributed by atoms with van der Waals surface area (Å²) in [5, 5.41) is 2.75. The Morgan fingerprint density at radius 1 is 0.706 bits per heavy atom. The molecule has 3 aromatic rings. The van der Waals surface area contributed by atoms with Crippen molar-refractivity contribution >= 4 is 39.3 Å². The van der Waals surface area contributed by atoms with Crippen LogP contribution < -0.4 is 25.6 Å². The van der Waals surface area contributed by atoms with E-state index in [2.05, 4.69) is 32.1 Å². The third-order valence-corrected chi connectivity index (χ3v) is 5.11. The van der Waals surface area contributed by atoms with Gasteiger partial charge in [0.05, 0.1) is 13.2 Å². The van der Waals surface area contributed by atoms with Gasteiger partial charge < -0.3 is 14.8 Å². The summed E-state index contributed by atoms with van der Waals surface area (Å²) in [5.74, 6) is -0.385. The highest BCUT2D eigenvalue weighted by atomic mass is 79.9. The van der Waals surface area contributed by atoms with Crippen molar-refractivity contribution in [1.82, 2.24) is 10.9 Å². The lowest BCUT2D eigenvalue weighted by atomic mass is 10.1. The fourth-order valence-corrected chi connectivity index (χ4v) is 3.26. The number of rotatable bonds is 8. The molecule has 0 aliphatic heterocycles. The van der Waals surface area contributed by atoms with E-state index in [9.17, 15) is 14.4 Å². The summed E-state index contributed by atoms with van der Waals surface area (Å²) >= 11 is 3.33. The normalized spacial score (nSPS) is 10.2. The van der Waals surface area contributed by atoms with Crippen LogP contribution in [0, 0.1) is 0 Å². The average molecular weight is 526 g/mol. The third-order valence-electron chi connectivity index (χ3n) is 4.58. The fourth-order valence-electron chi connectivity index (χ4n) is 2.99. The molecule has 0 heterocycles. The molecule has 3 aromatic carbocycles. The van der Waals surface area contributed by atoms with E-state index in [0.29, 0.717) is 41.5 Å². The molecule has 0 aromatic heterocycles. The first-order chi connectivity index (χ1) is 16.4. The lowest BCUT2D eigenvalue weighted by Gasteiger charge is -2.13. The van der Waals surface area contributed by atoms with Gasteiger partial charge in [-0.3, -0.25) is 25.2 Å². The zero-order valence-electron chi connectivity index (χ0n) is 18.7. The van der Waals surface area contributed by atoms with Crippen LogP contribution in [0.1, 0.15) is 44.9 Å². The van der Waals surface area contributed by atoms with Crippen LogP contribution in [0.5, 0.6) is 11.5 Å². The highest BCUT2D eigenvalue weighted by molar-refractivity contribution is 9.10. The number of ether oxygens (including phenoxy) is 2. The number of benzene rings is 3. The number of carbonyl (C=O) groups excluding carboxylic acids is 3. The van der Waals surface area contributed by atoms with Gasteiger partial charge in [0.1, 0.15) is 0 Å². The first kappa shape index (κ1) is 24.8. The van der Waals surface area contributed by atoms with Gasteiger partial charge in [-0.05, 0) is 74.5 Å². The molecule has 3 N–H and O–H groups in total. The Labute approximate surface area is 205 Å². The lowest BCUT2D eigenvalue weighted by Crippen LogP contribution is -2.41. The van der Waals surface area contributed by atoms with Crippen LogP contribution >= 0.6 is 15.9 Å². The second-order valence-corrected chi connectivity index (χ2v) is 7.89. The van der Waals surface area contributed by atoms with Crippen molar-refractivity contribution in [3.63, 3.8) is 0 Å². The summed E-state index contributed by atoms with van der Waals surface area (Å²) in [4.78, 5) is 37.5. The SMILES string of the molecule is CCOc1ccc(C(=O)NNC(=O)c2cccc(NC(=O)c3ccc(Br)cc3)c2)cc1OCC. The van der Waals surface area contributed by atoms with Crippen LogP contribution in [0.4, 0.5) is 5.69 Å². The predicted molar refractivity (Wildman–Crippen MR) is 132 cm³/mol. The van der Waals surface area contributed by atoms with Crippen LogP contribution in [0.3, 0.4) is 0 Å². The molecule has 0 aliphatic carbocycles. The molecular weight excluding hydrogens is 502 g/mol. The minimum atomic E-state index is -0.538. The van der Waals surface area contributed by atoms with Crippen LogP contribution in [0.2, 0.25) is 0 Å². The number of carbonyl (C=O) groups is 3. The molecule has 176 valence electrons. The molecule has 0 spiro atoms. The van der Waals surface area contributed by atoms with E-state index in [1.807, 2.05) is 13.8 Å². The molecule has 9 heteroatoms. The first-order valence-electron chi connectivity index (χ1n) is 10.6. The first-order valence-corrected chi connectivity index (χ1v) is 11.4. The molecule has 0 aliphatic rings. The molecular formula is C25H24BrN3O5. The van der Waals surface area contributed by atoms with Gasteiger partial charge in [0, 0.05) is 26.9 Å². The summed E-state index contributed by atoms with van der Waals surface area (Å²) in [6, 6.07) is 18.1. The van der Waals surface area contributed by atoms with Crippen molar-refractivity contribution in [2.75, 3.05) is 18.5 Å². The monoisotopic (exact) mass is 525 g/mol. The number of nitrogens with one attached hydrogen (secondary N) is 3. The topological polar surface area (TPSA) is 106 Å². The molecule has 8 nitrogen and oxygen atoms in total. The van der Waals surface area contributed by atoms with Gasteiger partial charge in [0.15, 0.2) is 11.5 Å². The molecule has 0 saturated heterocycles. The van der Waals surface area contributed by atoms with Gasteiger partial charge in [-0.1, -0.05) is 22.0 Å². The quantitative estimate of drug-likeness (QED) is 0.373. The second-order valence-electron chi connectivity index (χ2n) is 6.98. The molecule has 0 fully saturated rings. The maximum absolute atomic E-state index is 12.5. The minimum Gasteiger partial charge on any atom is -0.490 e. The largest absolute Gasteiger partial charge is 0.490 e. The van der Waals surface area contributed by atoms with Crippen molar-refractivity contribution < 1.29 is 23.9 Å². The number of halogens is 1. The Morgan fingerprint density at radius 2 is 1.29 bits per heavy atom. The van der Waals surface area contributed by atoms with Crippen LogP contribution in [0.25, 0.3) is 0 Å². The molecule has 0 saturated carbocycles. The summed E-state index contributed by atoms with van der Waals surface area (Å²) in [5.41, 5.74) is 6.24. The van der Waals surface area contributed by atoms with Crippen molar-refractivity contribution in [1.29, 1.82) is 0 Å². The molecule has 34 heavy (non-hydrogen) atoms. The predicted octanol–water partition coefficient (Wildman–Crippen LogP) is 4.57. The zero-order valence-corrected chi connectivity index (χ0v) is 20.3. The smallest absolute Gasteiger partial charge is 0.269 e. The highest BCUT2D eigenvalue weighted by Gasteiger charge is 2.14. The molecule has 3 amide bonds. The second kappa shape index (κ2) is 11.9. The molecule has 3 rings (SSSR count). The van der Waals surface area contributed by atoms with E-state index in [1.165, 1.54) is 6.07 Å². The summed E-state index contributed by atoms with van der Waals surface area (Å²) in [7, 11) is 0. The van der Waals surface area contributed by atoms with Crippen molar-refractivity contribution in [3.8, 4) is 11.5 Å². The number of amides is 3. The van der Waals surface area contributed by atoms with Crippen molar-refractivity contribution in [2.45, 2.75) is 13.8 Å². The summed E-state index contributed by atoms with van der Waals surface area (Å²) < 4.78 is 11.9. The maximum atomic E-state index is 12.5. The Morgan fingerprint density at radius 3 is 1.94 bits per heavy atom. The lowest BCUT2D eigenvalue weighted by molar-refractivity contribution is 0.0846. The van der Waals surface area contributed by atoms with Gasteiger partial charge in [0.25, 0.3) is 17.7 Å². The van der Waals surface area contributed by atoms with E-state index in [0.717, 1.165) is 4.47 Å². The van der Waals surface area contributed by atoms with Crippen LogP contribution in [-0.2, 0) is 0 Å². The fraction of sp³-hybridized carbons (Fsp3) is 0.160. The molecule has 0 unspecified atom stereocenters. The zero-order chi connectivity index (χ0) is 24.5. The van der Waals surface area contributed by atoms with E-state index >= 15 is 0 Å². The average Bonchev–Trinajstić information content (AvgIpc) is 2.84. The van der Waals surface area contributed by atoms with Gasteiger partial charge >= 0.3 is 0 Å². The Bertz CT molecular complexity index is 1180. The highest BCUT2D eigenvalue weighted by Crippen LogP contribution is 2.28. The van der Waals surface area contributed by atoms with Crippen LogP contribution in [0.15, 0.2) is 71.2 Å². The molecule has 0 bridgehead atoms. The Kier molecular flexibility index (Phi) is 8.64. The molecule has 0 radical (unpaired) electrons. The Balaban J connectivity index is 1.62. The van der Waals surface area contributed by atoms with Crippen molar-refractivity contribution in [3.05, 3.63) is 87.9 Å². The van der Waals surface area contributed by atoms with Gasteiger partial charge in [-0.25, -0.2) is 0 Å². The van der Waals surface area contributed by atoms with E-state index in [-0.39, 0.29) is 11.5 Å². The Hall–Kier alpha value is -3.85. The standard InChI is InChI=1S/C25H24BrN3O5/c1-3-33-21-13-10-18(15-22(21)34-4-2)25(32)29-28-24(31)17-6-5-7-20(14-17)27-23(30)16-8-11-19(26)12-9-16/h5-15H,3-4H2,1-2H3,(H,27,30)(H,28,31)(H,29,32). The maximum Gasteiger partial charge on any atom is 0.269 e. The minimum absolute atomic E-state index is 0.260. The number of hydrogen-bond acceptors (Lipinski definition) is 5. The van der Waals surface area contributed by atoms with E-state index in [4.69, 9.17) is 9.47 Å². The van der Waals surface area contributed by atoms with E-state index in [1.54, 1.807) is 60.7 Å². The van der Waals surface area contributed by atoms with Gasteiger partial charge in [-0.2, -0.15) is 0 Å². The number of hydrazine groups is 1. The van der Waals surface area contributed by atoms with E-state index < -0.39 is 11.8 Å². The third kappa shape index (κ3) is 6.58. The number of hydrogen-bond donors (Lipinski definition) is 3. The van der Waals surface area contributed by atoms with Crippen LogP contribution in [-0.4, -0.2) is 30.9 Å². The summed E-state index contributed by atoms with van der Waals surface area (Å²) in [6.07, 6.45) is 0.